The molecule has 0 amide bonds. The third-order valence-corrected chi connectivity index (χ3v) is 4.51. The van der Waals surface area contributed by atoms with Crippen LogP contribution in [0.15, 0.2) is 48.5 Å². The third kappa shape index (κ3) is 2.91. The number of hydrogen-bond acceptors (Lipinski definition) is 5. The summed E-state index contributed by atoms with van der Waals surface area (Å²) in [7, 11) is 0. The van der Waals surface area contributed by atoms with Crippen molar-refractivity contribution in [1.29, 1.82) is 0 Å². The number of nitro benzene ring substituents is 1. The lowest BCUT2D eigenvalue weighted by Crippen LogP contribution is -2.40. The van der Waals surface area contributed by atoms with Crippen molar-refractivity contribution in [3.05, 3.63) is 75.3 Å². The maximum Gasteiger partial charge on any atom is 0.320 e. The smallest absolute Gasteiger partial charge is 0.320 e. The number of ether oxygens (including phenoxy) is 1. The predicted molar refractivity (Wildman–Crippen MR) is 90.3 cm³/mol. The summed E-state index contributed by atoms with van der Waals surface area (Å²) < 4.78 is 5.20. The van der Waals surface area contributed by atoms with Crippen molar-refractivity contribution < 1.29 is 19.2 Å². The SMILES string of the molecule is CCOC(=O)[C@]1(Cc2ccc([N+](=O)[O-])cc2)Cc2ccccc2C1=O. The largest absolute Gasteiger partial charge is 0.465 e. The van der Waals surface area contributed by atoms with Gasteiger partial charge in [-0.05, 0) is 30.9 Å². The lowest BCUT2D eigenvalue weighted by atomic mass is 9.78. The van der Waals surface area contributed by atoms with Crippen molar-refractivity contribution >= 4 is 17.4 Å². The van der Waals surface area contributed by atoms with Crippen molar-refractivity contribution in [2.45, 2.75) is 19.8 Å². The molecule has 25 heavy (non-hydrogen) atoms. The molecule has 0 unspecified atom stereocenters. The van der Waals surface area contributed by atoms with Gasteiger partial charge in [-0.15, -0.1) is 0 Å². The van der Waals surface area contributed by atoms with Crippen LogP contribution < -0.4 is 0 Å². The molecule has 0 saturated carbocycles. The number of ketones is 1. The monoisotopic (exact) mass is 339 g/mol. The van der Waals surface area contributed by atoms with E-state index in [0.29, 0.717) is 11.1 Å². The molecule has 0 aliphatic heterocycles. The Morgan fingerprint density at radius 1 is 1.20 bits per heavy atom. The number of non-ortho nitro benzene ring substituents is 1. The van der Waals surface area contributed by atoms with Crippen molar-refractivity contribution in [2.75, 3.05) is 6.61 Å². The molecule has 2 aromatic rings. The highest BCUT2D eigenvalue weighted by Gasteiger charge is 2.52. The summed E-state index contributed by atoms with van der Waals surface area (Å²) in [6.07, 6.45) is 0.426. The van der Waals surface area contributed by atoms with Gasteiger partial charge in [0.1, 0.15) is 5.41 Å². The van der Waals surface area contributed by atoms with E-state index < -0.39 is 16.3 Å². The number of rotatable bonds is 5. The van der Waals surface area contributed by atoms with Crippen LogP contribution in [0, 0.1) is 15.5 Å². The van der Waals surface area contributed by atoms with Gasteiger partial charge >= 0.3 is 5.97 Å². The van der Waals surface area contributed by atoms with Crippen molar-refractivity contribution in [3.8, 4) is 0 Å². The Labute approximate surface area is 144 Å². The average molecular weight is 339 g/mol. The Kier molecular flexibility index (Phi) is 4.35. The number of carbonyl (C=O) groups is 2. The van der Waals surface area contributed by atoms with Crippen LogP contribution >= 0.6 is 0 Å². The van der Waals surface area contributed by atoms with Crippen LogP contribution in [0.2, 0.25) is 0 Å². The second-order valence-electron chi connectivity index (χ2n) is 6.07. The number of Topliss-reactive ketones (excluding diaryl/α,β-unsaturated/α-hetero) is 1. The van der Waals surface area contributed by atoms with Gasteiger partial charge in [-0.2, -0.15) is 0 Å². The first kappa shape index (κ1) is 16.8. The van der Waals surface area contributed by atoms with E-state index in [-0.39, 0.29) is 30.9 Å². The van der Waals surface area contributed by atoms with Gasteiger partial charge in [-0.1, -0.05) is 36.4 Å². The molecule has 0 aromatic heterocycles. The standard InChI is InChI=1S/C19H17NO5/c1-2-25-18(22)19(11-13-7-9-15(10-8-13)20(23)24)12-14-5-3-4-6-16(14)17(19)21/h3-10H,2,11-12H2,1H3/t19-/m1/s1. The number of fused-ring (bicyclic) bond motifs is 1. The average Bonchev–Trinajstić information content (AvgIpc) is 2.89. The van der Waals surface area contributed by atoms with Gasteiger partial charge in [-0.25, -0.2) is 0 Å². The molecule has 1 atom stereocenters. The molecule has 128 valence electrons. The zero-order valence-electron chi connectivity index (χ0n) is 13.7. The fourth-order valence-electron chi connectivity index (χ4n) is 3.29. The summed E-state index contributed by atoms with van der Waals surface area (Å²) in [6.45, 7) is 1.88. The minimum atomic E-state index is -1.31. The number of nitrogens with zero attached hydrogens (tertiary/aromatic N) is 1. The van der Waals surface area contributed by atoms with Crippen LogP contribution in [0.1, 0.15) is 28.4 Å². The summed E-state index contributed by atoms with van der Waals surface area (Å²) in [5.41, 5.74) is 0.699. The highest BCUT2D eigenvalue weighted by Crippen LogP contribution is 2.41. The Morgan fingerprint density at radius 3 is 2.48 bits per heavy atom. The fraction of sp³-hybridized carbons (Fsp3) is 0.263. The van der Waals surface area contributed by atoms with Gasteiger partial charge in [-0.3, -0.25) is 19.7 Å². The highest BCUT2D eigenvalue weighted by atomic mass is 16.6. The van der Waals surface area contributed by atoms with E-state index in [1.54, 1.807) is 31.2 Å². The second-order valence-corrected chi connectivity index (χ2v) is 6.07. The first-order valence-electron chi connectivity index (χ1n) is 8.01. The maximum atomic E-state index is 13.0. The fourth-order valence-corrected chi connectivity index (χ4v) is 3.29. The lowest BCUT2D eigenvalue weighted by molar-refractivity contribution is -0.384. The molecule has 0 fully saturated rings. The van der Waals surface area contributed by atoms with Crippen LogP contribution in [-0.2, 0) is 22.4 Å². The normalized spacial score (nSPS) is 18.7. The quantitative estimate of drug-likeness (QED) is 0.361. The first-order valence-corrected chi connectivity index (χ1v) is 8.01. The van der Waals surface area contributed by atoms with E-state index in [4.69, 9.17) is 4.74 Å². The lowest BCUT2D eigenvalue weighted by Gasteiger charge is -2.25. The van der Waals surface area contributed by atoms with Gasteiger partial charge in [0.2, 0.25) is 0 Å². The van der Waals surface area contributed by atoms with Gasteiger partial charge in [0, 0.05) is 17.7 Å². The molecule has 0 heterocycles. The van der Waals surface area contributed by atoms with Crippen molar-refractivity contribution in [2.24, 2.45) is 5.41 Å². The summed E-state index contributed by atoms with van der Waals surface area (Å²) >= 11 is 0. The summed E-state index contributed by atoms with van der Waals surface area (Å²) in [4.78, 5) is 36.0. The molecule has 0 bridgehead atoms. The molecule has 0 saturated heterocycles. The maximum absolute atomic E-state index is 13.0. The molecule has 0 radical (unpaired) electrons. The molecule has 1 aliphatic carbocycles. The van der Waals surface area contributed by atoms with E-state index in [0.717, 1.165) is 5.56 Å². The molecular weight excluding hydrogens is 322 g/mol. The Hall–Kier alpha value is -3.02. The molecule has 6 heteroatoms. The topological polar surface area (TPSA) is 86.5 Å². The van der Waals surface area contributed by atoms with E-state index in [2.05, 4.69) is 0 Å². The molecule has 1 aliphatic rings. The van der Waals surface area contributed by atoms with Crippen LogP contribution in [-0.4, -0.2) is 23.3 Å². The van der Waals surface area contributed by atoms with Gasteiger partial charge in [0.25, 0.3) is 5.69 Å². The number of nitro groups is 1. The predicted octanol–water partition coefficient (Wildman–Crippen LogP) is 3.13. The Balaban J connectivity index is 1.98. The molecule has 0 spiro atoms. The minimum absolute atomic E-state index is 0.0324. The number of benzene rings is 2. The minimum Gasteiger partial charge on any atom is -0.465 e. The molecule has 6 nitrogen and oxygen atoms in total. The Morgan fingerprint density at radius 2 is 1.88 bits per heavy atom. The van der Waals surface area contributed by atoms with E-state index >= 15 is 0 Å². The Bertz CT molecular complexity index is 843. The van der Waals surface area contributed by atoms with E-state index in [1.807, 2.05) is 12.1 Å². The summed E-state index contributed by atoms with van der Waals surface area (Å²) in [5.74, 6) is -0.797. The van der Waals surface area contributed by atoms with E-state index in [9.17, 15) is 19.7 Å². The van der Waals surface area contributed by atoms with E-state index in [1.165, 1.54) is 12.1 Å². The van der Waals surface area contributed by atoms with Crippen LogP contribution in [0.4, 0.5) is 5.69 Å². The van der Waals surface area contributed by atoms with Crippen LogP contribution in [0.25, 0.3) is 0 Å². The van der Waals surface area contributed by atoms with Gasteiger partial charge < -0.3 is 4.74 Å². The highest BCUT2D eigenvalue weighted by molar-refractivity contribution is 6.16. The second kappa shape index (κ2) is 6.47. The molecular formula is C19H17NO5. The van der Waals surface area contributed by atoms with Gasteiger partial charge in [0.15, 0.2) is 5.78 Å². The van der Waals surface area contributed by atoms with Crippen LogP contribution in [0.3, 0.4) is 0 Å². The number of esters is 1. The molecule has 3 rings (SSSR count). The van der Waals surface area contributed by atoms with Crippen LogP contribution in [0.5, 0.6) is 0 Å². The number of carbonyl (C=O) groups excluding carboxylic acids is 2. The third-order valence-electron chi connectivity index (χ3n) is 4.51. The van der Waals surface area contributed by atoms with Crippen molar-refractivity contribution in [3.63, 3.8) is 0 Å². The summed E-state index contributed by atoms with van der Waals surface area (Å²) in [6, 6.07) is 13.1. The number of hydrogen-bond donors (Lipinski definition) is 0. The van der Waals surface area contributed by atoms with Gasteiger partial charge in [0.05, 0.1) is 11.5 Å². The molecule has 2 aromatic carbocycles. The zero-order valence-corrected chi connectivity index (χ0v) is 13.7. The zero-order chi connectivity index (χ0) is 18.0. The summed E-state index contributed by atoms with van der Waals surface area (Å²) in [5, 5.41) is 10.8. The first-order chi connectivity index (χ1) is 12.0. The molecule has 0 N–H and O–H groups in total. The van der Waals surface area contributed by atoms with Crippen molar-refractivity contribution in [1.82, 2.24) is 0 Å².